The number of aromatic nitrogens is 3. The summed E-state index contributed by atoms with van der Waals surface area (Å²) >= 11 is 6.23. The molecule has 4 rings (SSSR count). The fraction of sp³-hybridized carbons (Fsp3) is 0.267. The number of allylic oxidation sites excluding steroid dienone is 10. The molecule has 1 aromatic carbocycles. The van der Waals surface area contributed by atoms with Gasteiger partial charge >= 0.3 is 0 Å². The zero-order chi connectivity index (χ0) is 24.6. The quantitative estimate of drug-likeness (QED) is 0.305. The summed E-state index contributed by atoms with van der Waals surface area (Å²) in [4.78, 5) is 4.52. The van der Waals surface area contributed by atoms with Crippen LogP contribution in [-0.2, 0) is 11.2 Å². The summed E-state index contributed by atoms with van der Waals surface area (Å²) < 4.78 is 7.42. The van der Waals surface area contributed by atoms with Gasteiger partial charge in [-0.15, -0.1) is 0 Å². The summed E-state index contributed by atoms with van der Waals surface area (Å²) in [6.45, 7) is 4.81. The van der Waals surface area contributed by atoms with Gasteiger partial charge in [0.05, 0.1) is 29.7 Å². The molecule has 0 bridgehead atoms. The Hall–Kier alpha value is -3.21. The Morgan fingerprint density at radius 1 is 1.14 bits per heavy atom. The summed E-state index contributed by atoms with van der Waals surface area (Å²) in [6.07, 6.45) is 23.4. The number of fused-ring (bicyclic) bond motifs is 1. The lowest BCUT2D eigenvalue weighted by atomic mass is 9.98. The van der Waals surface area contributed by atoms with Crippen LogP contribution in [-0.4, -0.2) is 28.5 Å². The van der Waals surface area contributed by atoms with Gasteiger partial charge in [-0.3, -0.25) is 4.98 Å². The zero-order valence-corrected chi connectivity index (χ0v) is 21.4. The van der Waals surface area contributed by atoms with Crippen LogP contribution in [0.15, 0.2) is 90.3 Å². The molecule has 0 amide bonds. The minimum Gasteiger partial charge on any atom is -0.384 e. The second-order valence-electron chi connectivity index (χ2n) is 8.50. The Labute approximate surface area is 213 Å². The lowest BCUT2D eigenvalue weighted by Gasteiger charge is -2.14. The maximum atomic E-state index is 6.23. The van der Waals surface area contributed by atoms with Crippen molar-refractivity contribution in [2.75, 3.05) is 13.7 Å². The monoisotopic (exact) mass is 485 g/mol. The molecule has 180 valence electrons. The molecule has 0 spiro atoms. The minimum atomic E-state index is 0.630. The highest BCUT2D eigenvalue weighted by atomic mass is 35.5. The number of benzene rings is 1. The van der Waals surface area contributed by atoms with Gasteiger partial charge in [0.25, 0.3) is 0 Å². The van der Waals surface area contributed by atoms with Crippen LogP contribution in [0.2, 0.25) is 5.02 Å². The van der Waals surface area contributed by atoms with Crippen molar-refractivity contribution < 1.29 is 4.74 Å². The predicted octanol–water partition coefficient (Wildman–Crippen LogP) is 7.84. The third-order valence-corrected chi connectivity index (χ3v) is 6.52. The molecule has 2 aromatic heterocycles. The lowest BCUT2D eigenvalue weighted by Crippen LogP contribution is -2.05. The number of nitrogens with zero attached hydrogens (tertiary/aromatic N) is 3. The van der Waals surface area contributed by atoms with E-state index in [2.05, 4.69) is 61.4 Å². The SMILES string of the molecule is C\C=C(/C=C\C(=C/C)c1c(CCOC)cnn1-c1ccnc2cc(Cl)ccc12)C1=CC=CCCC1. The van der Waals surface area contributed by atoms with Gasteiger partial charge in [-0.25, -0.2) is 4.68 Å². The topological polar surface area (TPSA) is 39.9 Å². The van der Waals surface area contributed by atoms with Crippen LogP contribution >= 0.6 is 11.6 Å². The summed E-state index contributed by atoms with van der Waals surface area (Å²) in [5, 5.41) is 6.49. The molecule has 2 heterocycles. The van der Waals surface area contributed by atoms with Crippen LogP contribution in [0.3, 0.4) is 0 Å². The van der Waals surface area contributed by atoms with Gasteiger partial charge in [0.15, 0.2) is 0 Å². The molecule has 1 aliphatic carbocycles. The number of methoxy groups -OCH3 is 1. The van der Waals surface area contributed by atoms with Crippen molar-refractivity contribution in [3.05, 3.63) is 107 Å². The molecular weight excluding hydrogens is 454 g/mol. The fourth-order valence-corrected chi connectivity index (χ4v) is 4.62. The average Bonchev–Trinajstić information content (AvgIpc) is 3.09. The highest BCUT2D eigenvalue weighted by Gasteiger charge is 2.17. The Balaban J connectivity index is 1.79. The number of hydrogen-bond acceptors (Lipinski definition) is 3. The molecule has 0 aliphatic heterocycles. The van der Waals surface area contributed by atoms with E-state index in [9.17, 15) is 0 Å². The highest BCUT2D eigenvalue weighted by molar-refractivity contribution is 6.31. The normalized spacial score (nSPS) is 15.1. The molecule has 0 fully saturated rings. The van der Waals surface area contributed by atoms with Gasteiger partial charge in [-0.1, -0.05) is 54.1 Å². The standard InChI is InChI=1S/C30H32ClN3O/c1-4-22(24-10-8-6-7-9-11-24)12-13-23(5-2)30-25(17-19-35-3)21-33-34(30)29-16-18-32-28-20-26(31)14-15-27(28)29/h4-6,8,10,12-16,18,20-21H,7,9,11,17,19H2,1-3H3/b13-12-,22-4+,23-5+. The summed E-state index contributed by atoms with van der Waals surface area (Å²) in [7, 11) is 1.73. The van der Waals surface area contributed by atoms with Crippen molar-refractivity contribution in [3.63, 3.8) is 0 Å². The van der Waals surface area contributed by atoms with E-state index in [1.165, 1.54) is 17.6 Å². The molecule has 0 saturated heterocycles. The Bertz CT molecular complexity index is 1340. The predicted molar refractivity (Wildman–Crippen MR) is 147 cm³/mol. The second-order valence-corrected chi connectivity index (χ2v) is 8.93. The first-order valence-corrected chi connectivity index (χ1v) is 12.5. The first kappa shape index (κ1) is 24.9. The average molecular weight is 486 g/mol. The summed E-state index contributed by atoms with van der Waals surface area (Å²) in [5.41, 5.74) is 7.76. The van der Waals surface area contributed by atoms with E-state index in [0.29, 0.717) is 11.6 Å². The van der Waals surface area contributed by atoms with Crippen molar-refractivity contribution in [2.45, 2.75) is 39.5 Å². The molecule has 0 atom stereocenters. The maximum Gasteiger partial charge on any atom is 0.0770 e. The Kier molecular flexibility index (Phi) is 8.51. The lowest BCUT2D eigenvalue weighted by molar-refractivity contribution is 0.202. The molecule has 0 unspecified atom stereocenters. The van der Waals surface area contributed by atoms with Crippen molar-refractivity contribution in [2.24, 2.45) is 0 Å². The van der Waals surface area contributed by atoms with Crippen molar-refractivity contribution in [3.8, 4) is 5.69 Å². The zero-order valence-electron chi connectivity index (χ0n) is 20.7. The summed E-state index contributed by atoms with van der Waals surface area (Å²) in [5.74, 6) is 0. The molecule has 4 nitrogen and oxygen atoms in total. The largest absolute Gasteiger partial charge is 0.384 e. The van der Waals surface area contributed by atoms with Crippen LogP contribution in [0.5, 0.6) is 0 Å². The van der Waals surface area contributed by atoms with Crippen molar-refractivity contribution in [1.29, 1.82) is 0 Å². The second kappa shape index (κ2) is 12.0. The van der Waals surface area contributed by atoms with E-state index in [-0.39, 0.29) is 0 Å². The molecule has 0 N–H and O–H groups in total. The number of ether oxygens (including phenoxy) is 1. The Morgan fingerprint density at radius 3 is 2.77 bits per heavy atom. The summed E-state index contributed by atoms with van der Waals surface area (Å²) in [6, 6.07) is 7.80. The van der Waals surface area contributed by atoms with E-state index >= 15 is 0 Å². The molecule has 35 heavy (non-hydrogen) atoms. The van der Waals surface area contributed by atoms with Crippen LogP contribution in [0.25, 0.3) is 22.2 Å². The van der Waals surface area contributed by atoms with Crippen molar-refractivity contribution >= 4 is 28.1 Å². The van der Waals surface area contributed by atoms with Crippen LogP contribution in [0.4, 0.5) is 0 Å². The first-order chi connectivity index (χ1) is 17.2. The van der Waals surface area contributed by atoms with Crippen LogP contribution in [0, 0.1) is 0 Å². The third-order valence-electron chi connectivity index (χ3n) is 6.29. The Morgan fingerprint density at radius 2 is 1.97 bits per heavy atom. The number of halogens is 1. The van der Waals surface area contributed by atoms with Gasteiger partial charge in [0.1, 0.15) is 0 Å². The van der Waals surface area contributed by atoms with Crippen LogP contribution < -0.4 is 0 Å². The first-order valence-electron chi connectivity index (χ1n) is 12.1. The minimum absolute atomic E-state index is 0.630. The van der Waals surface area contributed by atoms with Gasteiger partial charge in [-0.2, -0.15) is 5.10 Å². The van der Waals surface area contributed by atoms with Gasteiger partial charge in [0.2, 0.25) is 0 Å². The highest BCUT2D eigenvalue weighted by Crippen LogP contribution is 2.30. The van der Waals surface area contributed by atoms with Crippen molar-refractivity contribution in [1.82, 2.24) is 14.8 Å². The number of hydrogen-bond donors (Lipinski definition) is 0. The smallest absolute Gasteiger partial charge is 0.0770 e. The number of pyridine rings is 1. The fourth-order valence-electron chi connectivity index (χ4n) is 4.45. The van der Waals surface area contributed by atoms with E-state index in [0.717, 1.165) is 52.7 Å². The van der Waals surface area contributed by atoms with Gasteiger partial charge in [-0.05, 0) is 80.5 Å². The molecular formula is C30H32ClN3O. The van der Waals surface area contributed by atoms with Crippen LogP contribution in [0.1, 0.15) is 44.4 Å². The molecule has 0 saturated carbocycles. The maximum absolute atomic E-state index is 6.23. The number of rotatable bonds is 8. The molecule has 0 radical (unpaired) electrons. The molecule has 3 aromatic rings. The third kappa shape index (κ3) is 5.72. The van der Waals surface area contributed by atoms with E-state index < -0.39 is 0 Å². The van der Waals surface area contributed by atoms with E-state index in [4.69, 9.17) is 21.4 Å². The van der Waals surface area contributed by atoms with E-state index in [1.807, 2.05) is 41.3 Å². The molecule has 5 heteroatoms. The van der Waals surface area contributed by atoms with Gasteiger partial charge in [0, 0.05) is 29.3 Å². The molecule has 1 aliphatic rings. The van der Waals surface area contributed by atoms with Gasteiger partial charge < -0.3 is 4.74 Å². The van der Waals surface area contributed by atoms with E-state index in [1.54, 1.807) is 7.11 Å².